The Morgan fingerprint density at radius 2 is 1.52 bits per heavy atom. The number of hydrogen-bond acceptors (Lipinski definition) is 7. The maximum atomic E-state index is 13.6. The highest BCUT2D eigenvalue weighted by atomic mass is 16.5. The Morgan fingerprint density at radius 3 is 2.26 bits per heavy atom. The van der Waals surface area contributed by atoms with E-state index in [1.165, 1.54) is 12.2 Å². The van der Waals surface area contributed by atoms with E-state index in [1.54, 1.807) is 6.92 Å². The van der Waals surface area contributed by atoms with E-state index >= 15 is 0 Å². The number of allylic oxidation sites excluding steroid dienone is 4. The monoisotopic (exact) mass is 674 g/mol. The van der Waals surface area contributed by atoms with E-state index in [0.29, 0.717) is 36.3 Å². The number of ether oxygens (including phenoxy) is 1. The molecule has 50 heavy (non-hydrogen) atoms. The normalized spacial score (nSPS) is 13.6. The maximum absolute atomic E-state index is 13.6. The molecule has 0 aromatic heterocycles. The fourth-order valence-corrected chi connectivity index (χ4v) is 6.70. The number of unbranched alkanes of at least 4 members (excludes halogenated alkanes) is 7. The second-order valence-electron chi connectivity index (χ2n) is 13.3. The van der Waals surface area contributed by atoms with Crippen molar-refractivity contribution in [1.29, 1.82) is 0 Å². The number of ketones is 2. The van der Waals surface area contributed by atoms with Gasteiger partial charge in [0.05, 0.1) is 17.5 Å². The van der Waals surface area contributed by atoms with Crippen molar-refractivity contribution in [3.8, 4) is 22.5 Å². The molecular formula is C43H50N2O5. The van der Waals surface area contributed by atoms with Crippen LogP contribution >= 0.6 is 0 Å². The van der Waals surface area contributed by atoms with Gasteiger partial charge in [0, 0.05) is 58.6 Å². The third-order valence-corrected chi connectivity index (χ3v) is 9.43. The molecule has 2 aromatic rings. The van der Waals surface area contributed by atoms with Gasteiger partial charge >= 0.3 is 5.97 Å². The third-order valence-electron chi connectivity index (χ3n) is 9.43. The molecule has 7 nitrogen and oxygen atoms in total. The van der Waals surface area contributed by atoms with Gasteiger partial charge in [-0.25, -0.2) is 4.79 Å². The van der Waals surface area contributed by atoms with Crippen molar-refractivity contribution in [1.82, 2.24) is 0 Å². The van der Waals surface area contributed by atoms with Crippen LogP contribution in [-0.2, 0) is 14.3 Å². The number of nitrogens with one attached hydrogen (secondary N) is 1. The topological polar surface area (TPSA) is 98.0 Å². The molecule has 0 amide bonds. The zero-order valence-electron chi connectivity index (χ0n) is 30.2. The van der Waals surface area contributed by atoms with Gasteiger partial charge in [-0.3, -0.25) is 14.6 Å². The standard InChI is InChI=1S/C43H50N2O5/c1-6-44-36-26-40-34(22-28(36)3)42(35-23-29(4)37(45-7-2)27-41(35)50-40)32-19-15-16-20-33(32)43(48)49-21-17-13-11-9-8-10-12-14-18-31-25-38(46)30(5)24-39(31)47/h15-16,19-20,22-27,44H,6-14,17-18,21H2,1-5H3. The minimum Gasteiger partial charge on any atom is -0.462 e. The Morgan fingerprint density at radius 1 is 0.800 bits per heavy atom. The van der Waals surface area contributed by atoms with Crippen LogP contribution in [0.15, 0.2) is 81.2 Å². The number of fused-ring (bicyclic) bond motifs is 2. The van der Waals surface area contributed by atoms with Gasteiger partial charge < -0.3 is 14.5 Å². The predicted octanol–water partition coefficient (Wildman–Crippen LogP) is 9.87. The van der Waals surface area contributed by atoms with Crippen LogP contribution in [0, 0.1) is 13.8 Å². The van der Waals surface area contributed by atoms with Gasteiger partial charge in [-0.05, 0) is 101 Å². The molecular weight excluding hydrogens is 624 g/mol. The summed E-state index contributed by atoms with van der Waals surface area (Å²) in [7, 11) is 0. The molecule has 262 valence electrons. The quantitative estimate of drug-likeness (QED) is 0.0550. The van der Waals surface area contributed by atoms with Crippen LogP contribution in [0.4, 0.5) is 5.69 Å². The maximum Gasteiger partial charge on any atom is 0.338 e. The molecule has 0 unspecified atom stereocenters. The summed E-state index contributed by atoms with van der Waals surface area (Å²) >= 11 is 0. The molecule has 1 N–H and O–H groups in total. The second kappa shape index (κ2) is 17.2. The fraction of sp³-hybridized carbons (Fsp3) is 0.395. The Balaban J connectivity index is 1.21. The van der Waals surface area contributed by atoms with E-state index < -0.39 is 0 Å². The number of nitrogens with zero attached hydrogens (tertiary/aromatic N) is 1. The first kappa shape index (κ1) is 36.5. The molecule has 0 spiro atoms. The Bertz CT molecular complexity index is 1980. The zero-order valence-corrected chi connectivity index (χ0v) is 30.2. The first-order valence-electron chi connectivity index (χ1n) is 18.2. The molecule has 0 fully saturated rings. The lowest BCUT2D eigenvalue weighted by Gasteiger charge is -2.20. The number of benzene rings is 3. The number of hydrogen-bond donors (Lipinski definition) is 1. The van der Waals surface area contributed by atoms with Crippen LogP contribution in [0.2, 0.25) is 0 Å². The molecule has 2 aromatic carbocycles. The van der Waals surface area contributed by atoms with E-state index in [4.69, 9.17) is 9.15 Å². The second-order valence-corrected chi connectivity index (χ2v) is 13.3. The summed E-state index contributed by atoms with van der Waals surface area (Å²) < 4.78 is 12.4. The first-order valence-corrected chi connectivity index (χ1v) is 18.2. The Kier molecular flexibility index (Phi) is 12.6. The van der Waals surface area contributed by atoms with Gasteiger partial charge in [0.25, 0.3) is 0 Å². The van der Waals surface area contributed by atoms with Crippen LogP contribution in [-0.4, -0.2) is 37.2 Å². The van der Waals surface area contributed by atoms with Crippen LogP contribution < -0.4 is 10.7 Å². The molecule has 1 aliphatic heterocycles. The summed E-state index contributed by atoms with van der Waals surface area (Å²) in [5.41, 5.74) is 8.31. The molecule has 7 heteroatoms. The van der Waals surface area contributed by atoms with E-state index in [0.717, 1.165) is 114 Å². The molecule has 0 atom stereocenters. The lowest BCUT2D eigenvalue weighted by molar-refractivity contribution is -0.115. The Labute approximate surface area is 295 Å². The van der Waals surface area contributed by atoms with E-state index in [2.05, 4.69) is 43.2 Å². The lowest BCUT2D eigenvalue weighted by Crippen LogP contribution is -2.11. The summed E-state index contributed by atoms with van der Waals surface area (Å²) in [5.74, 6) is 0.328. The minimum absolute atomic E-state index is 0.0225. The van der Waals surface area contributed by atoms with E-state index in [9.17, 15) is 14.4 Å². The summed E-state index contributed by atoms with van der Waals surface area (Å²) in [6, 6.07) is 16.0. The number of carbonyl (C=O) groups is 3. The number of esters is 1. The number of anilines is 1. The van der Waals surface area contributed by atoms with E-state index in [1.807, 2.05) is 43.3 Å². The predicted molar refractivity (Wildman–Crippen MR) is 202 cm³/mol. The minimum atomic E-state index is -0.322. The van der Waals surface area contributed by atoms with Crippen LogP contribution in [0.25, 0.3) is 33.4 Å². The van der Waals surface area contributed by atoms with Crippen molar-refractivity contribution in [2.24, 2.45) is 4.99 Å². The number of aryl methyl sites for hydroxylation is 2. The fourth-order valence-electron chi connectivity index (χ4n) is 6.70. The van der Waals surface area contributed by atoms with Crippen molar-refractivity contribution in [2.75, 3.05) is 25.0 Å². The molecule has 1 heterocycles. The van der Waals surface area contributed by atoms with Gasteiger partial charge in [-0.1, -0.05) is 56.7 Å². The highest BCUT2D eigenvalue weighted by Crippen LogP contribution is 2.43. The van der Waals surface area contributed by atoms with Crippen LogP contribution in [0.5, 0.6) is 0 Å². The molecule has 5 rings (SSSR count). The first-order chi connectivity index (χ1) is 24.2. The molecule has 0 radical (unpaired) electrons. The summed E-state index contributed by atoms with van der Waals surface area (Å²) in [6.07, 6.45) is 11.9. The van der Waals surface area contributed by atoms with Gasteiger partial charge in [-0.2, -0.15) is 0 Å². The Hall–Kier alpha value is -4.78. The molecule has 2 aliphatic carbocycles. The van der Waals surface area contributed by atoms with Crippen LogP contribution in [0.1, 0.15) is 100 Å². The van der Waals surface area contributed by atoms with Crippen molar-refractivity contribution >= 4 is 34.2 Å². The zero-order chi connectivity index (χ0) is 35.6. The lowest BCUT2D eigenvalue weighted by atomic mass is 9.89. The largest absolute Gasteiger partial charge is 0.462 e. The van der Waals surface area contributed by atoms with Gasteiger partial charge in [0.1, 0.15) is 11.3 Å². The molecule has 0 saturated carbocycles. The van der Waals surface area contributed by atoms with Crippen molar-refractivity contribution < 1.29 is 23.5 Å². The SMILES string of the molecule is CCN=c1cc2oc3cc(NCC)c(C)cc3c(-c3ccccc3C(=O)OCCCCCCCCCCC3=CC(=O)C(C)=CC3=O)c-2cc1C. The van der Waals surface area contributed by atoms with Crippen molar-refractivity contribution in [3.63, 3.8) is 0 Å². The average Bonchev–Trinajstić information content (AvgIpc) is 3.09. The van der Waals surface area contributed by atoms with Gasteiger partial charge in [0.2, 0.25) is 0 Å². The molecule has 0 saturated heterocycles. The van der Waals surface area contributed by atoms with Gasteiger partial charge in [-0.15, -0.1) is 0 Å². The number of carbonyl (C=O) groups excluding carboxylic acids is 3. The highest BCUT2D eigenvalue weighted by Gasteiger charge is 2.23. The summed E-state index contributed by atoms with van der Waals surface area (Å²) in [6.45, 7) is 11.8. The molecule has 0 bridgehead atoms. The summed E-state index contributed by atoms with van der Waals surface area (Å²) in [5, 5.41) is 5.28. The van der Waals surface area contributed by atoms with E-state index in [-0.39, 0.29) is 17.5 Å². The van der Waals surface area contributed by atoms with Crippen LogP contribution in [0.3, 0.4) is 0 Å². The van der Waals surface area contributed by atoms with Crippen molar-refractivity contribution in [3.05, 3.63) is 93.9 Å². The van der Waals surface area contributed by atoms with Crippen molar-refractivity contribution in [2.45, 2.75) is 92.4 Å². The summed E-state index contributed by atoms with van der Waals surface area (Å²) in [4.78, 5) is 42.2. The van der Waals surface area contributed by atoms with Gasteiger partial charge in [0.15, 0.2) is 11.6 Å². The highest BCUT2D eigenvalue weighted by molar-refractivity contribution is 6.19. The number of rotatable bonds is 16. The third kappa shape index (κ3) is 8.68. The molecule has 3 aliphatic rings. The average molecular weight is 675 g/mol. The smallest absolute Gasteiger partial charge is 0.338 e.